The van der Waals surface area contributed by atoms with Crippen molar-refractivity contribution in [2.45, 2.75) is 19.8 Å². The van der Waals surface area contributed by atoms with E-state index >= 15 is 0 Å². The van der Waals surface area contributed by atoms with Crippen LogP contribution in [-0.2, 0) is 10.0 Å². The van der Waals surface area contributed by atoms with E-state index in [-0.39, 0.29) is 5.75 Å². The Labute approximate surface area is 96.3 Å². The molecule has 0 unspecified atom stereocenters. The highest BCUT2D eigenvalue weighted by Crippen LogP contribution is 2.16. The Balaban J connectivity index is 2.84. The van der Waals surface area contributed by atoms with Gasteiger partial charge in [-0.2, -0.15) is 0 Å². The lowest BCUT2D eigenvalue weighted by Crippen LogP contribution is -2.29. The van der Waals surface area contributed by atoms with Gasteiger partial charge in [0.15, 0.2) is 0 Å². The summed E-state index contributed by atoms with van der Waals surface area (Å²) in [4.78, 5) is 3.87. The predicted molar refractivity (Wildman–Crippen MR) is 65.7 cm³/mol. The van der Waals surface area contributed by atoms with Crippen LogP contribution in [0.4, 0.5) is 11.5 Å². The zero-order chi connectivity index (χ0) is 12.2. The zero-order valence-electron chi connectivity index (χ0n) is 9.55. The molecule has 0 aliphatic rings. The lowest BCUT2D eigenvalue weighted by molar-refractivity contribution is 0.591. The summed E-state index contributed by atoms with van der Waals surface area (Å²) in [6, 6.07) is 3.23. The normalized spacial score (nSPS) is 11.4. The van der Waals surface area contributed by atoms with Crippen LogP contribution < -0.4 is 10.0 Å². The highest BCUT2D eigenvalue weighted by Gasteiger charge is 2.17. The van der Waals surface area contributed by atoms with Crippen molar-refractivity contribution in [3.05, 3.63) is 18.3 Å². The second-order valence-electron chi connectivity index (χ2n) is 3.58. The molecular formula is C10H17N3O2S. The lowest BCUT2D eigenvalue weighted by atomic mass is 10.4. The van der Waals surface area contributed by atoms with Crippen LogP contribution in [0.5, 0.6) is 0 Å². The first-order chi connectivity index (χ1) is 7.47. The van der Waals surface area contributed by atoms with E-state index in [0.29, 0.717) is 17.9 Å². The molecule has 16 heavy (non-hydrogen) atoms. The first-order valence-electron chi connectivity index (χ1n) is 5.15. The highest BCUT2D eigenvalue weighted by molar-refractivity contribution is 7.92. The number of anilines is 2. The molecule has 0 atom stereocenters. The van der Waals surface area contributed by atoms with Crippen molar-refractivity contribution >= 4 is 21.5 Å². The third-order valence-corrected chi connectivity index (χ3v) is 4.16. The molecule has 0 spiro atoms. The van der Waals surface area contributed by atoms with Gasteiger partial charge < -0.3 is 5.73 Å². The minimum Gasteiger partial charge on any atom is -0.384 e. The summed E-state index contributed by atoms with van der Waals surface area (Å²) in [5.74, 6) is 0.535. The largest absolute Gasteiger partial charge is 0.384 e. The van der Waals surface area contributed by atoms with Crippen molar-refractivity contribution in [2.24, 2.45) is 0 Å². The second-order valence-corrected chi connectivity index (χ2v) is 5.70. The quantitative estimate of drug-likeness (QED) is 0.844. The summed E-state index contributed by atoms with van der Waals surface area (Å²) >= 11 is 0. The molecular weight excluding hydrogens is 226 g/mol. The molecule has 1 rings (SSSR count). The smallest absolute Gasteiger partial charge is 0.234 e. The van der Waals surface area contributed by atoms with E-state index in [1.54, 1.807) is 12.1 Å². The minimum absolute atomic E-state index is 0.157. The van der Waals surface area contributed by atoms with E-state index in [2.05, 4.69) is 4.98 Å². The van der Waals surface area contributed by atoms with Gasteiger partial charge in [0.1, 0.15) is 5.82 Å². The van der Waals surface area contributed by atoms with E-state index in [1.165, 1.54) is 17.5 Å². The van der Waals surface area contributed by atoms with Gasteiger partial charge >= 0.3 is 0 Å². The van der Waals surface area contributed by atoms with Crippen LogP contribution >= 0.6 is 0 Å². The van der Waals surface area contributed by atoms with E-state index in [1.807, 2.05) is 6.92 Å². The van der Waals surface area contributed by atoms with E-state index < -0.39 is 10.0 Å². The topological polar surface area (TPSA) is 76.3 Å². The average Bonchev–Trinajstić information content (AvgIpc) is 2.26. The number of nitrogens with two attached hydrogens (primary N) is 1. The summed E-state index contributed by atoms with van der Waals surface area (Å²) in [7, 11) is -1.71. The molecule has 90 valence electrons. The zero-order valence-corrected chi connectivity index (χ0v) is 10.4. The van der Waals surface area contributed by atoms with Crippen molar-refractivity contribution in [2.75, 3.05) is 22.8 Å². The van der Waals surface area contributed by atoms with Crippen LogP contribution in [0.25, 0.3) is 0 Å². The maximum absolute atomic E-state index is 11.8. The summed E-state index contributed by atoms with van der Waals surface area (Å²) in [6.45, 7) is 1.96. The molecule has 0 aromatic carbocycles. The number of nitrogen functional groups attached to an aromatic ring is 1. The fraction of sp³-hybridized carbons (Fsp3) is 0.500. The number of pyridine rings is 1. The Morgan fingerprint density at radius 3 is 2.62 bits per heavy atom. The monoisotopic (exact) mass is 243 g/mol. The first-order valence-corrected chi connectivity index (χ1v) is 6.76. The molecule has 5 nitrogen and oxygen atoms in total. The molecule has 0 amide bonds. The summed E-state index contributed by atoms with van der Waals surface area (Å²) in [5.41, 5.74) is 5.97. The number of unbranched alkanes of at least 4 members (excludes halogenated alkanes) is 1. The third-order valence-electron chi connectivity index (χ3n) is 2.31. The highest BCUT2D eigenvalue weighted by atomic mass is 32.2. The van der Waals surface area contributed by atoms with E-state index in [9.17, 15) is 8.42 Å². The Hall–Kier alpha value is -1.30. The number of rotatable bonds is 5. The fourth-order valence-corrected chi connectivity index (χ4v) is 2.56. The van der Waals surface area contributed by atoms with Gasteiger partial charge in [-0.25, -0.2) is 13.4 Å². The summed E-state index contributed by atoms with van der Waals surface area (Å²) in [6.07, 6.45) is 2.97. The van der Waals surface area contributed by atoms with Gasteiger partial charge in [0, 0.05) is 7.05 Å². The molecule has 0 saturated carbocycles. The molecule has 0 aliphatic carbocycles. The Kier molecular flexibility index (Phi) is 4.12. The van der Waals surface area contributed by atoms with Crippen LogP contribution in [0.15, 0.2) is 18.3 Å². The van der Waals surface area contributed by atoms with Gasteiger partial charge in [-0.3, -0.25) is 4.31 Å². The van der Waals surface area contributed by atoms with Crippen molar-refractivity contribution in [3.63, 3.8) is 0 Å². The van der Waals surface area contributed by atoms with Crippen molar-refractivity contribution in [1.82, 2.24) is 4.98 Å². The minimum atomic E-state index is -3.24. The Morgan fingerprint density at radius 1 is 1.44 bits per heavy atom. The van der Waals surface area contributed by atoms with E-state index in [4.69, 9.17) is 5.73 Å². The molecule has 0 radical (unpaired) electrons. The first kappa shape index (κ1) is 12.8. The number of hydrogen-bond donors (Lipinski definition) is 1. The number of hydrogen-bond acceptors (Lipinski definition) is 4. The standard InChI is InChI=1S/C10H17N3O2S/c1-3-4-7-16(14,15)13(2)9-5-6-10(11)12-8-9/h5-6,8H,3-4,7H2,1-2H3,(H2,11,12). The lowest BCUT2D eigenvalue weighted by Gasteiger charge is -2.18. The molecule has 1 heterocycles. The molecule has 6 heteroatoms. The van der Waals surface area contributed by atoms with Gasteiger partial charge in [0.05, 0.1) is 17.6 Å². The van der Waals surface area contributed by atoms with Crippen LogP contribution in [0.2, 0.25) is 0 Å². The number of aromatic nitrogens is 1. The second kappa shape index (κ2) is 5.16. The van der Waals surface area contributed by atoms with Crippen LogP contribution in [-0.4, -0.2) is 26.2 Å². The molecule has 0 fully saturated rings. The molecule has 0 saturated heterocycles. The number of sulfonamides is 1. The van der Waals surface area contributed by atoms with Crippen LogP contribution in [0.3, 0.4) is 0 Å². The van der Waals surface area contributed by atoms with E-state index in [0.717, 1.165) is 6.42 Å². The Bertz CT molecular complexity index is 428. The van der Waals surface area contributed by atoms with Crippen LogP contribution in [0, 0.1) is 0 Å². The van der Waals surface area contributed by atoms with Crippen molar-refractivity contribution in [3.8, 4) is 0 Å². The van der Waals surface area contributed by atoms with Crippen molar-refractivity contribution < 1.29 is 8.42 Å². The predicted octanol–water partition coefficient (Wildman–Crippen LogP) is 1.23. The molecule has 1 aromatic rings. The van der Waals surface area contributed by atoms with Gasteiger partial charge in [-0.1, -0.05) is 13.3 Å². The van der Waals surface area contributed by atoms with Gasteiger partial charge in [0.2, 0.25) is 10.0 Å². The van der Waals surface area contributed by atoms with Gasteiger partial charge in [0.25, 0.3) is 0 Å². The molecule has 0 bridgehead atoms. The molecule has 0 aliphatic heterocycles. The summed E-state index contributed by atoms with van der Waals surface area (Å²) < 4.78 is 24.9. The third kappa shape index (κ3) is 3.10. The van der Waals surface area contributed by atoms with Crippen molar-refractivity contribution in [1.29, 1.82) is 0 Å². The maximum atomic E-state index is 11.8. The fourth-order valence-electron chi connectivity index (χ4n) is 1.21. The Morgan fingerprint density at radius 2 is 2.12 bits per heavy atom. The number of nitrogens with zero attached hydrogens (tertiary/aromatic N) is 2. The maximum Gasteiger partial charge on any atom is 0.234 e. The summed E-state index contributed by atoms with van der Waals surface area (Å²) in [5, 5.41) is 0. The SMILES string of the molecule is CCCCS(=O)(=O)N(C)c1ccc(N)nc1. The van der Waals surface area contributed by atoms with Crippen LogP contribution in [0.1, 0.15) is 19.8 Å². The average molecular weight is 243 g/mol. The molecule has 1 aromatic heterocycles. The molecule has 2 N–H and O–H groups in total. The van der Waals surface area contributed by atoms with Gasteiger partial charge in [-0.05, 0) is 18.6 Å². The van der Waals surface area contributed by atoms with Gasteiger partial charge in [-0.15, -0.1) is 0 Å².